The number of nitrogens with one attached hydrogen (secondary N) is 4. The van der Waals surface area contributed by atoms with Crippen LogP contribution < -0.4 is 21.3 Å². The van der Waals surface area contributed by atoms with Gasteiger partial charge in [0.05, 0.1) is 6.54 Å². The second-order valence-electron chi connectivity index (χ2n) is 5.86. The molecule has 4 N–H and O–H groups in total. The number of hydrogen-bond donors (Lipinski definition) is 4. The minimum Gasteiger partial charge on any atom is -0.376 e. The van der Waals surface area contributed by atoms with E-state index in [0.29, 0.717) is 29.9 Å². The zero-order valence-electron chi connectivity index (χ0n) is 15.5. The molecule has 0 saturated heterocycles. The predicted octanol–water partition coefficient (Wildman–Crippen LogP) is 3.43. The van der Waals surface area contributed by atoms with Gasteiger partial charge in [-0.05, 0) is 42.5 Å². The highest BCUT2D eigenvalue weighted by molar-refractivity contribution is 5.95. The third kappa shape index (κ3) is 6.81. The summed E-state index contributed by atoms with van der Waals surface area (Å²) in [5.41, 5.74) is 2.73. The maximum Gasteiger partial charge on any atom is 0.243 e. The summed E-state index contributed by atoms with van der Waals surface area (Å²) in [4.78, 5) is 34.9. The highest BCUT2D eigenvalue weighted by atomic mass is 16.2. The lowest BCUT2D eigenvalue weighted by Crippen LogP contribution is -2.21. The molecule has 2 aromatic carbocycles. The second kappa shape index (κ2) is 9.96. The first kappa shape index (κ1) is 20.0. The lowest BCUT2D eigenvalue weighted by Gasteiger charge is -2.10. The summed E-state index contributed by atoms with van der Waals surface area (Å²) in [5, 5.41) is 11.3. The summed E-state index contributed by atoms with van der Waals surface area (Å²) in [5.74, 6) is -0.333. The van der Waals surface area contributed by atoms with Gasteiger partial charge in [-0.15, -0.1) is 0 Å². The molecule has 0 aromatic heterocycles. The summed E-state index contributed by atoms with van der Waals surface area (Å²) in [6.45, 7) is 3.65. The number of hydrogen-bond acceptors (Lipinski definition) is 4. The van der Waals surface area contributed by atoms with E-state index in [2.05, 4.69) is 21.3 Å². The van der Waals surface area contributed by atoms with Crippen molar-refractivity contribution < 1.29 is 14.4 Å². The maximum atomic E-state index is 12.1. The molecular weight excluding hydrogens is 344 g/mol. The van der Waals surface area contributed by atoms with E-state index in [1.165, 1.54) is 0 Å². The van der Waals surface area contributed by atoms with Crippen LogP contribution in [0.3, 0.4) is 0 Å². The van der Waals surface area contributed by atoms with E-state index in [1.807, 2.05) is 6.07 Å². The molecule has 0 heterocycles. The van der Waals surface area contributed by atoms with Crippen LogP contribution in [0.5, 0.6) is 0 Å². The Morgan fingerprint density at radius 2 is 1.15 bits per heavy atom. The second-order valence-corrected chi connectivity index (χ2v) is 5.86. The number of carbonyl (C=O) groups excluding carboxylic acids is 3. The van der Waals surface area contributed by atoms with Gasteiger partial charge in [0.25, 0.3) is 0 Å². The van der Waals surface area contributed by atoms with Crippen LogP contribution in [0.25, 0.3) is 0 Å². The van der Waals surface area contributed by atoms with Crippen molar-refractivity contribution in [1.82, 2.24) is 0 Å². The molecule has 0 atom stereocenters. The monoisotopic (exact) mass is 368 g/mol. The van der Waals surface area contributed by atoms with Gasteiger partial charge in [0.15, 0.2) is 0 Å². The average Bonchev–Trinajstić information content (AvgIpc) is 2.68. The predicted molar refractivity (Wildman–Crippen MR) is 108 cm³/mol. The van der Waals surface area contributed by atoms with Crippen LogP contribution in [0.4, 0.5) is 22.7 Å². The first-order valence-electron chi connectivity index (χ1n) is 8.83. The first-order chi connectivity index (χ1) is 13.0. The van der Waals surface area contributed by atoms with Crippen molar-refractivity contribution in [2.75, 3.05) is 27.8 Å². The number of benzene rings is 2. The Kier molecular flexibility index (Phi) is 7.37. The van der Waals surface area contributed by atoms with Gasteiger partial charge >= 0.3 is 0 Å². The summed E-state index contributed by atoms with van der Waals surface area (Å²) >= 11 is 0. The van der Waals surface area contributed by atoms with Crippen molar-refractivity contribution in [2.45, 2.75) is 26.7 Å². The van der Waals surface area contributed by atoms with Crippen LogP contribution in [-0.4, -0.2) is 24.3 Å². The van der Waals surface area contributed by atoms with Gasteiger partial charge in [-0.25, -0.2) is 0 Å². The number of rotatable bonds is 8. The van der Waals surface area contributed by atoms with E-state index < -0.39 is 0 Å². The number of amides is 3. The zero-order chi connectivity index (χ0) is 19.6. The number of anilines is 4. The Labute approximate surface area is 158 Å². The van der Waals surface area contributed by atoms with Crippen molar-refractivity contribution >= 4 is 40.5 Å². The van der Waals surface area contributed by atoms with Crippen molar-refractivity contribution in [2.24, 2.45) is 0 Å². The summed E-state index contributed by atoms with van der Waals surface area (Å²) < 4.78 is 0. The standard InChI is InChI=1S/C20H24N4O3/c1-3-18(25)22-14-8-10-15(11-9-14)23-20(27)13-21-16-6-5-7-17(12-16)24-19(26)4-2/h5-12,21H,3-4,13H2,1-2H3,(H,22,25)(H,23,27)(H,24,26). The van der Waals surface area contributed by atoms with Crippen LogP contribution in [0.15, 0.2) is 48.5 Å². The Morgan fingerprint density at radius 3 is 1.70 bits per heavy atom. The average molecular weight is 368 g/mol. The molecular formula is C20H24N4O3. The minimum absolute atomic E-state index is 0.0617. The molecule has 0 saturated carbocycles. The molecule has 0 fully saturated rings. The smallest absolute Gasteiger partial charge is 0.243 e. The molecule has 0 aliphatic rings. The van der Waals surface area contributed by atoms with Gasteiger partial charge in [-0.3, -0.25) is 14.4 Å². The van der Waals surface area contributed by atoms with Crippen LogP contribution in [0, 0.1) is 0 Å². The van der Waals surface area contributed by atoms with Gasteiger partial charge in [0.1, 0.15) is 0 Å². The lowest BCUT2D eigenvalue weighted by atomic mass is 10.2. The third-order valence-electron chi connectivity index (χ3n) is 3.69. The van der Waals surface area contributed by atoms with Gasteiger partial charge in [0.2, 0.25) is 17.7 Å². The Bertz CT molecular complexity index is 803. The molecule has 0 spiro atoms. The number of carbonyl (C=O) groups is 3. The molecule has 0 bridgehead atoms. The highest BCUT2D eigenvalue weighted by Crippen LogP contribution is 2.16. The van der Waals surface area contributed by atoms with Gasteiger partial charge in [0, 0.05) is 35.6 Å². The van der Waals surface area contributed by atoms with Crippen LogP contribution in [-0.2, 0) is 14.4 Å². The summed E-state index contributed by atoms with van der Waals surface area (Å²) in [6, 6.07) is 14.1. The summed E-state index contributed by atoms with van der Waals surface area (Å²) in [7, 11) is 0. The van der Waals surface area contributed by atoms with Crippen LogP contribution >= 0.6 is 0 Å². The quantitative estimate of drug-likeness (QED) is 0.573. The van der Waals surface area contributed by atoms with E-state index in [4.69, 9.17) is 0 Å². The summed E-state index contributed by atoms with van der Waals surface area (Å²) in [6.07, 6.45) is 0.814. The van der Waals surface area contributed by atoms with Crippen molar-refractivity contribution in [1.29, 1.82) is 0 Å². The lowest BCUT2D eigenvalue weighted by molar-refractivity contribution is -0.116. The third-order valence-corrected chi connectivity index (χ3v) is 3.69. The van der Waals surface area contributed by atoms with Crippen LogP contribution in [0.1, 0.15) is 26.7 Å². The van der Waals surface area contributed by atoms with Crippen LogP contribution in [0.2, 0.25) is 0 Å². The zero-order valence-corrected chi connectivity index (χ0v) is 15.5. The van der Waals surface area contributed by atoms with Gasteiger partial charge in [-0.2, -0.15) is 0 Å². The molecule has 0 aliphatic carbocycles. The normalized spacial score (nSPS) is 10.0. The fourth-order valence-corrected chi connectivity index (χ4v) is 2.23. The molecule has 2 aromatic rings. The van der Waals surface area contributed by atoms with E-state index >= 15 is 0 Å². The molecule has 3 amide bonds. The molecule has 0 aliphatic heterocycles. The van der Waals surface area contributed by atoms with E-state index in [-0.39, 0.29) is 24.3 Å². The van der Waals surface area contributed by atoms with E-state index in [9.17, 15) is 14.4 Å². The largest absolute Gasteiger partial charge is 0.376 e. The molecule has 142 valence electrons. The molecule has 0 unspecified atom stereocenters. The van der Waals surface area contributed by atoms with E-state index in [1.54, 1.807) is 56.3 Å². The van der Waals surface area contributed by atoms with Crippen molar-refractivity contribution in [3.05, 3.63) is 48.5 Å². The molecule has 2 rings (SSSR count). The highest BCUT2D eigenvalue weighted by Gasteiger charge is 2.05. The molecule has 7 heteroatoms. The van der Waals surface area contributed by atoms with Gasteiger partial charge in [-0.1, -0.05) is 19.9 Å². The van der Waals surface area contributed by atoms with Crippen molar-refractivity contribution in [3.8, 4) is 0 Å². The van der Waals surface area contributed by atoms with Crippen molar-refractivity contribution in [3.63, 3.8) is 0 Å². The fraction of sp³-hybridized carbons (Fsp3) is 0.250. The molecule has 0 radical (unpaired) electrons. The Hall–Kier alpha value is -3.35. The SMILES string of the molecule is CCC(=O)Nc1ccc(NC(=O)CNc2cccc(NC(=O)CC)c2)cc1. The maximum absolute atomic E-state index is 12.1. The molecule has 27 heavy (non-hydrogen) atoms. The fourth-order valence-electron chi connectivity index (χ4n) is 2.23. The molecule has 7 nitrogen and oxygen atoms in total. The topological polar surface area (TPSA) is 99.3 Å². The first-order valence-corrected chi connectivity index (χ1v) is 8.83. The minimum atomic E-state index is -0.205. The Morgan fingerprint density at radius 1 is 0.667 bits per heavy atom. The van der Waals surface area contributed by atoms with Gasteiger partial charge < -0.3 is 21.3 Å². The Balaban J connectivity index is 1.84. The van der Waals surface area contributed by atoms with E-state index in [0.717, 1.165) is 5.69 Å².